The van der Waals surface area contributed by atoms with E-state index in [2.05, 4.69) is 0 Å². The van der Waals surface area contributed by atoms with Gasteiger partial charge in [0, 0.05) is 19.4 Å². The van der Waals surface area contributed by atoms with E-state index >= 15 is 0 Å². The molecule has 0 N–H and O–H groups in total. The van der Waals surface area contributed by atoms with Gasteiger partial charge in [-0.2, -0.15) is 0 Å². The van der Waals surface area contributed by atoms with Gasteiger partial charge in [-0.15, -0.1) is 0 Å². The zero-order chi connectivity index (χ0) is 19.1. The molecule has 1 aliphatic rings. The van der Waals surface area contributed by atoms with Crippen molar-refractivity contribution in [2.75, 3.05) is 13.1 Å². The van der Waals surface area contributed by atoms with Crippen LogP contribution in [-0.4, -0.2) is 41.9 Å². The fourth-order valence-electron chi connectivity index (χ4n) is 2.81. The molecule has 1 heterocycles. The van der Waals surface area contributed by atoms with Crippen LogP contribution >= 0.6 is 0 Å². The lowest BCUT2D eigenvalue weighted by atomic mass is 10.1. The lowest BCUT2D eigenvalue weighted by molar-refractivity contribution is -0.155. The number of Topliss-reactive ketones (excluding diaryl/α,β-unsaturated/α-hetero) is 1. The van der Waals surface area contributed by atoms with E-state index in [0.29, 0.717) is 13.0 Å². The topological polar surface area (TPSA) is 72.9 Å². The zero-order valence-corrected chi connectivity index (χ0v) is 14.9. The average molecular weight is 367 g/mol. The number of esters is 1. The van der Waals surface area contributed by atoms with Crippen molar-refractivity contribution in [3.63, 3.8) is 0 Å². The van der Waals surface area contributed by atoms with Crippen LogP contribution in [0.25, 0.3) is 0 Å². The zero-order valence-electron chi connectivity index (χ0n) is 14.9. The first kappa shape index (κ1) is 18.6. The highest BCUT2D eigenvalue weighted by atomic mass is 16.6. The number of rotatable bonds is 6. The molecule has 1 unspecified atom stereocenters. The normalized spacial score (nSPS) is 14.7. The highest BCUT2D eigenvalue weighted by Crippen LogP contribution is 2.13. The van der Waals surface area contributed by atoms with Gasteiger partial charge in [0.15, 0.2) is 5.78 Å². The average Bonchev–Trinajstić information content (AvgIpc) is 3.14. The van der Waals surface area contributed by atoms with Crippen LogP contribution in [0.1, 0.15) is 17.5 Å². The molecule has 1 aliphatic heterocycles. The summed E-state index contributed by atoms with van der Waals surface area (Å²) in [6, 6.07) is 18.6. The summed E-state index contributed by atoms with van der Waals surface area (Å²) in [5.41, 5.74) is 1.70. The molecule has 0 aliphatic carbocycles. The van der Waals surface area contributed by atoms with E-state index < -0.39 is 18.2 Å². The lowest BCUT2D eigenvalue weighted by Crippen LogP contribution is -2.37. The van der Waals surface area contributed by atoms with Crippen molar-refractivity contribution in [2.45, 2.75) is 25.6 Å². The summed E-state index contributed by atoms with van der Waals surface area (Å²) in [6.07, 6.45) is -1.21. The van der Waals surface area contributed by atoms with Crippen LogP contribution in [0.4, 0.5) is 4.79 Å². The molecule has 1 fully saturated rings. The molecular formula is C21H21NO5. The number of hydrogen-bond acceptors (Lipinski definition) is 5. The lowest BCUT2D eigenvalue weighted by Gasteiger charge is -2.21. The molecule has 1 amide bonds. The van der Waals surface area contributed by atoms with E-state index in [0.717, 1.165) is 11.1 Å². The third-order valence-corrected chi connectivity index (χ3v) is 4.28. The molecule has 2 aromatic carbocycles. The van der Waals surface area contributed by atoms with Gasteiger partial charge >= 0.3 is 12.1 Å². The minimum Gasteiger partial charge on any atom is -0.458 e. The second kappa shape index (κ2) is 8.98. The van der Waals surface area contributed by atoms with Gasteiger partial charge in [0.2, 0.25) is 6.10 Å². The summed E-state index contributed by atoms with van der Waals surface area (Å²) in [5.74, 6) is -0.625. The van der Waals surface area contributed by atoms with Gasteiger partial charge in [-0.25, -0.2) is 9.59 Å². The Balaban J connectivity index is 1.65. The van der Waals surface area contributed by atoms with Crippen molar-refractivity contribution >= 4 is 17.8 Å². The van der Waals surface area contributed by atoms with Gasteiger partial charge in [-0.1, -0.05) is 60.7 Å². The Bertz CT molecular complexity index is 791. The van der Waals surface area contributed by atoms with Crippen LogP contribution in [-0.2, 0) is 32.1 Å². The largest absolute Gasteiger partial charge is 0.458 e. The van der Waals surface area contributed by atoms with Crippen molar-refractivity contribution in [1.82, 2.24) is 4.90 Å². The molecule has 1 saturated heterocycles. The minimum absolute atomic E-state index is 0.0155. The summed E-state index contributed by atoms with van der Waals surface area (Å²) in [5, 5.41) is 0. The highest BCUT2D eigenvalue weighted by Gasteiger charge is 2.31. The quantitative estimate of drug-likeness (QED) is 0.734. The third kappa shape index (κ3) is 5.41. The standard InChI is InChI=1S/C21H21NO5/c23-18-11-12-22(14-18)21(25)27-19(13-16-7-3-1-4-8-16)20(24)26-15-17-9-5-2-6-10-17/h1-10,19H,11-15H2. The first-order chi connectivity index (χ1) is 13.1. The molecular weight excluding hydrogens is 346 g/mol. The van der Waals surface area contributed by atoms with Crippen molar-refractivity contribution in [2.24, 2.45) is 0 Å². The Morgan fingerprint density at radius 1 is 0.963 bits per heavy atom. The number of amides is 1. The first-order valence-corrected chi connectivity index (χ1v) is 8.83. The van der Waals surface area contributed by atoms with E-state index in [1.807, 2.05) is 60.7 Å². The SMILES string of the molecule is O=C1CCN(C(=O)OC(Cc2ccccc2)C(=O)OCc2ccccc2)C1. The van der Waals surface area contributed by atoms with Gasteiger partial charge in [-0.3, -0.25) is 4.79 Å². The second-order valence-electron chi connectivity index (χ2n) is 6.37. The number of carbonyl (C=O) groups is 3. The monoisotopic (exact) mass is 367 g/mol. The molecule has 6 nitrogen and oxygen atoms in total. The van der Waals surface area contributed by atoms with Crippen LogP contribution in [0.2, 0.25) is 0 Å². The smallest absolute Gasteiger partial charge is 0.411 e. The van der Waals surface area contributed by atoms with E-state index in [1.54, 1.807) is 0 Å². The van der Waals surface area contributed by atoms with Crippen LogP contribution in [0.5, 0.6) is 0 Å². The number of nitrogens with zero attached hydrogens (tertiary/aromatic N) is 1. The number of likely N-dealkylation sites (tertiary alicyclic amines) is 1. The van der Waals surface area contributed by atoms with Crippen molar-refractivity contribution in [3.8, 4) is 0 Å². The van der Waals surface area contributed by atoms with E-state index in [9.17, 15) is 14.4 Å². The predicted molar refractivity (Wildman–Crippen MR) is 97.9 cm³/mol. The Kier molecular flexibility index (Phi) is 6.20. The molecule has 140 valence electrons. The second-order valence-corrected chi connectivity index (χ2v) is 6.37. The van der Waals surface area contributed by atoms with Crippen LogP contribution < -0.4 is 0 Å². The Morgan fingerprint density at radius 2 is 1.59 bits per heavy atom. The molecule has 2 aromatic rings. The summed E-state index contributed by atoms with van der Waals surface area (Å²) in [7, 11) is 0. The summed E-state index contributed by atoms with van der Waals surface area (Å²) < 4.78 is 10.7. The van der Waals surface area contributed by atoms with Crippen molar-refractivity contribution in [3.05, 3.63) is 71.8 Å². The maximum absolute atomic E-state index is 12.6. The molecule has 3 rings (SSSR count). The van der Waals surface area contributed by atoms with Crippen molar-refractivity contribution in [1.29, 1.82) is 0 Å². The first-order valence-electron chi connectivity index (χ1n) is 8.83. The number of benzene rings is 2. The van der Waals surface area contributed by atoms with Crippen molar-refractivity contribution < 1.29 is 23.9 Å². The summed E-state index contributed by atoms with van der Waals surface area (Å²) in [4.78, 5) is 37.6. The Labute approximate surface area is 157 Å². The maximum atomic E-state index is 12.6. The molecule has 0 bridgehead atoms. The Morgan fingerprint density at radius 3 is 2.19 bits per heavy atom. The van der Waals surface area contributed by atoms with E-state index in [-0.39, 0.29) is 25.4 Å². The van der Waals surface area contributed by atoms with Gasteiger partial charge in [0.25, 0.3) is 0 Å². The molecule has 0 saturated carbocycles. The van der Waals surface area contributed by atoms with Crippen LogP contribution in [0.15, 0.2) is 60.7 Å². The van der Waals surface area contributed by atoms with Gasteiger partial charge < -0.3 is 14.4 Å². The minimum atomic E-state index is -1.07. The summed E-state index contributed by atoms with van der Waals surface area (Å²) in [6.45, 7) is 0.440. The third-order valence-electron chi connectivity index (χ3n) is 4.28. The van der Waals surface area contributed by atoms with E-state index in [4.69, 9.17) is 9.47 Å². The van der Waals surface area contributed by atoms with Gasteiger partial charge in [-0.05, 0) is 11.1 Å². The fourth-order valence-corrected chi connectivity index (χ4v) is 2.81. The number of ketones is 1. The van der Waals surface area contributed by atoms with Crippen LogP contribution in [0, 0.1) is 0 Å². The van der Waals surface area contributed by atoms with Gasteiger partial charge in [0.05, 0.1) is 6.54 Å². The molecule has 0 radical (unpaired) electrons. The van der Waals surface area contributed by atoms with Crippen LogP contribution in [0.3, 0.4) is 0 Å². The molecule has 0 aromatic heterocycles. The predicted octanol–water partition coefficient (Wildman–Crippen LogP) is 2.75. The van der Waals surface area contributed by atoms with E-state index in [1.165, 1.54) is 4.90 Å². The fraction of sp³-hybridized carbons (Fsp3) is 0.286. The molecule has 0 spiro atoms. The van der Waals surface area contributed by atoms with Gasteiger partial charge in [0.1, 0.15) is 6.61 Å². The highest BCUT2D eigenvalue weighted by molar-refractivity contribution is 5.88. The summed E-state index contributed by atoms with van der Waals surface area (Å²) >= 11 is 0. The Hall–Kier alpha value is -3.15. The maximum Gasteiger partial charge on any atom is 0.411 e. The number of carbonyl (C=O) groups excluding carboxylic acids is 3. The molecule has 6 heteroatoms. The molecule has 1 atom stereocenters. The molecule has 27 heavy (non-hydrogen) atoms. The number of hydrogen-bond donors (Lipinski definition) is 0. The number of ether oxygens (including phenoxy) is 2.